The Bertz CT molecular complexity index is 969. The summed E-state index contributed by atoms with van der Waals surface area (Å²) in [6.45, 7) is 0. The van der Waals surface area contributed by atoms with E-state index in [2.05, 4.69) is 37.2 Å². The van der Waals surface area contributed by atoms with Crippen LogP contribution in [0.4, 0.5) is 5.69 Å². The standard InChI is InChI=1S/C20H13Br2NO3/c21-13-9-16-18(17(22)10-13)23-19(26)20(16,11-1-5-14(24)6-2-11)12-3-7-15(25)8-4-12/h1-10,24-25H,(H,23,26). The highest BCUT2D eigenvalue weighted by molar-refractivity contribution is 9.11. The van der Waals surface area contributed by atoms with Crippen molar-refractivity contribution in [2.24, 2.45) is 0 Å². The maximum Gasteiger partial charge on any atom is 0.244 e. The number of hydrogen-bond acceptors (Lipinski definition) is 3. The molecule has 0 bridgehead atoms. The minimum atomic E-state index is -1.09. The zero-order chi connectivity index (χ0) is 18.5. The molecule has 6 heteroatoms. The summed E-state index contributed by atoms with van der Waals surface area (Å²) in [4.78, 5) is 13.3. The molecule has 0 radical (unpaired) electrons. The lowest BCUT2D eigenvalue weighted by Gasteiger charge is -2.29. The lowest BCUT2D eigenvalue weighted by Crippen LogP contribution is -2.36. The number of phenols is 2. The highest BCUT2D eigenvalue weighted by atomic mass is 79.9. The predicted molar refractivity (Wildman–Crippen MR) is 107 cm³/mol. The Morgan fingerprint density at radius 2 is 1.31 bits per heavy atom. The smallest absolute Gasteiger partial charge is 0.244 e. The summed E-state index contributed by atoms with van der Waals surface area (Å²) in [6, 6.07) is 17.0. The van der Waals surface area contributed by atoms with Crippen molar-refractivity contribution in [3.05, 3.63) is 86.3 Å². The monoisotopic (exact) mass is 473 g/mol. The van der Waals surface area contributed by atoms with Crippen LogP contribution in [0.5, 0.6) is 11.5 Å². The molecule has 1 aliphatic heterocycles. The topological polar surface area (TPSA) is 69.6 Å². The lowest BCUT2D eigenvalue weighted by atomic mass is 9.70. The van der Waals surface area contributed by atoms with Crippen molar-refractivity contribution >= 4 is 43.5 Å². The largest absolute Gasteiger partial charge is 0.508 e. The molecule has 4 nitrogen and oxygen atoms in total. The third-order valence-electron chi connectivity index (χ3n) is 4.64. The van der Waals surface area contributed by atoms with Crippen molar-refractivity contribution < 1.29 is 15.0 Å². The van der Waals surface area contributed by atoms with Crippen LogP contribution in [-0.4, -0.2) is 16.1 Å². The van der Waals surface area contributed by atoms with E-state index in [1.54, 1.807) is 48.5 Å². The number of phenolic OH excluding ortho intramolecular Hbond substituents is 2. The Balaban J connectivity index is 2.10. The molecule has 0 saturated carbocycles. The number of benzene rings is 3. The third-order valence-corrected chi connectivity index (χ3v) is 5.72. The Morgan fingerprint density at radius 3 is 1.81 bits per heavy atom. The Hall–Kier alpha value is -2.31. The fourth-order valence-corrected chi connectivity index (χ4v) is 4.81. The summed E-state index contributed by atoms with van der Waals surface area (Å²) in [5.41, 5.74) is 1.85. The van der Waals surface area contributed by atoms with Crippen LogP contribution < -0.4 is 5.32 Å². The van der Waals surface area contributed by atoms with Gasteiger partial charge in [-0.3, -0.25) is 4.79 Å². The first-order valence-electron chi connectivity index (χ1n) is 7.83. The summed E-state index contributed by atoms with van der Waals surface area (Å²) in [6.07, 6.45) is 0. The summed E-state index contributed by atoms with van der Waals surface area (Å²) < 4.78 is 1.61. The predicted octanol–water partition coefficient (Wildman–Crippen LogP) is 4.91. The molecule has 0 aliphatic carbocycles. The number of hydrogen-bond donors (Lipinski definition) is 3. The van der Waals surface area contributed by atoms with E-state index in [1.165, 1.54) is 0 Å². The zero-order valence-electron chi connectivity index (χ0n) is 13.3. The van der Waals surface area contributed by atoms with Gasteiger partial charge in [-0.2, -0.15) is 0 Å². The summed E-state index contributed by atoms with van der Waals surface area (Å²) >= 11 is 7.03. The lowest BCUT2D eigenvalue weighted by molar-refractivity contribution is -0.118. The van der Waals surface area contributed by atoms with Crippen LogP contribution in [0.3, 0.4) is 0 Å². The number of rotatable bonds is 2. The molecular formula is C20H13Br2NO3. The van der Waals surface area contributed by atoms with Crippen molar-refractivity contribution in [1.82, 2.24) is 0 Å². The van der Waals surface area contributed by atoms with Gasteiger partial charge in [0.05, 0.1) is 5.69 Å². The number of fused-ring (bicyclic) bond motifs is 1. The number of carbonyl (C=O) groups is 1. The van der Waals surface area contributed by atoms with Crippen molar-refractivity contribution in [2.45, 2.75) is 5.41 Å². The fraction of sp³-hybridized carbons (Fsp3) is 0.0500. The van der Waals surface area contributed by atoms with Gasteiger partial charge >= 0.3 is 0 Å². The molecule has 4 rings (SSSR count). The molecule has 0 atom stereocenters. The number of nitrogens with one attached hydrogen (secondary N) is 1. The molecule has 3 aromatic carbocycles. The van der Waals surface area contributed by atoms with Gasteiger partial charge in [0, 0.05) is 14.5 Å². The van der Waals surface area contributed by atoms with Crippen molar-refractivity contribution in [1.29, 1.82) is 0 Å². The van der Waals surface area contributed by atoms with Gasteiger partial charge in [0.15, 0.2) is 0 Å². The van der Waals surface area contributed by atoms with E-state index in [-0.39, 0.29) is 17.4 Å². The SMILES string of the molecule is O=C1Nc2c(Br)cc(Br)cc2C1(c1ccc(O)cc1)c1ccc(O)cc1. The summed E-state index contributed by atoms with van der Waals surface area (Å²) in [7, 11) is 0. The van der Waals surface area contributed by atoms with Gasteiger partial charge in [0.2, 0.25) is 5.91 Å². The molecule has 3 N–H and O–H groups in total. The molecule has 0 unspecified atom stereocenters. The van der Waals surface area contributed by atoms with Gasteiger partial charge in [0.25, 0.3) is 0 Å². The van der Waals surface area contributed by atoms with E-state index >= 15 is 0 Å². The van der Waals surface area contributed by atoms with Crippen LogP contribution in [0.25, 0.3) is 0 Å². The first kappa shape index (κ1) is 17.1. The number of carbonyl (C=O) groups excluding carboxylic acids is 1. The van der Waals surface area contributed by atoms with Crippen molar-refractivity contribution in [3.8, 4) is 11.5 Å². The molecule has 0 fully saturated rings. The van der Waals surface area contributed by atoms with Crippen LogP contribution in [0.2, 0.25) is 0 Å². The Kier molecular flexibility index (Phi) is 4.04. The van der Waals surface area contributed by atoms with E-state index in [0.717, 1.165) is 25.6 Å². The number of amides is 1. The summed E-state index contributed by atoms with van der Waals surface area (Å²) in [5.74, 6) is 0.0648. The second-order valence-corrected chi connectivity index (χ2v) is 7.88. The Morgan fingerprint density at radius 1 is 0.808 bits per heavy atom. The van der Waals surface area contributed by atoms with E-state index < -0.39 is 5.41 Å². The molecule has 1 heterocycles. The normalized spacial score (nSPS) is 14.8. The molecule has 1 amide bonds. The van der Waals surface area contributed by atoms with Gasteiger partial charge in [-0.25, -0.2) is 0 Å². The van der Waals surface area contributed by atoms with Gasteiger partial charge in [0.1, 0.15) is 16.9 Å². The maximum absolute atomic E-state index is 13.3. The van der Waals surface area contributed by atoms with E-state index in [1.807, 2.05) is 12.1 Å². The van der Waals surface area contributed by atoms with Crippen LogP contribution >= 0.6 is 31.9 Å². The highest BCUT2D eigenvalue weighted by Crippen LogP contribution is 2.51. The molecule has 0 aromatic heterocycles. The van der Waals surface area contributed by atoms with E-state index in [0.29, 0.717) is 5.69 Å². The number of aromatic hydroxyl groups is 2. The molecule has 26 heavy (non-hydrogen) atoms. The van der Waals surface area contributed by atoms with Crippen LogP contribution in [0, 0.1) is 0 Å². The molecule has 130 valence electrons. The van der Waals surface area contributed by atoms with Crippen LogP contribution in [0.15, 0.2) is 69.6 Å². The van der Waals surface area contributed by atoms with E-state index in [4.69, 9.17) is 0 Å². The Labute approximate surface area is 166 Å². The maximum atomic E-state index is 13.3. The molecule has 0 saturated heterocycles. The first-order chi connectivity index (χ1) is 12.4. The number of anilines is 1. The molecule has 0 spiro atoms. The second kappa shape index (κ2) is 6.14. The van der Waals surface area contributed by atoms with Crippen molar-refractivity contribution in [3.63, 3.8) is 0 Å². The van der Waals surface area contributed by atoms with Gasteiger partial charge in [-0.1, -0.05) is 40.2 Å². The quantitative estimate of drug-likeness (QED) is 0.494. The van der Waals surface area contributed by atoms with Gasteiger partial charge in [-0.15, -0.1) is 0 Å². The van der Waals surface area contributed by atoms with E-state index in [9.17, 15) is 15.0 Å². The van der Waals surface area contributed by atoms with Gasteiger partial charge < -0.3 is 15.5 Å². The average Bonchev–Trinajstić information content (AvgIpc) is 2.90. The second-order valence-electron chi connectivity index (χ2n) is 6.11. The van der Waals surface area contributed by atoms with Crippen molar-refractivity contribution in [2.75, 3.05) is 5.32 Å². The van der Waals surface area contributed by atoms with Gasteiger partial charge in [-0.05, 0) is 63.5 Å². The number of halogens is 2. The minimum Gasteiger partial charge on any atom is -0.508 e. The minimum absolute atomic E-state index is 0.128. The molecule has 1 aliphatic rings. The van der Waals surface area contributed by atoms with Crippen LogP contribution in [0.1, 0.15) is 16.7 Å². The highest BCUT2D eigenvalue weighted by Gasteiger charge is 2.50. The molecule has 3 aromatic rings. The average molecular weight is 475 g/mol. The third kappa shape index (κ3) is 2.44. The zero-order valence-corrected chi connectivity index (χ0v) is 16.5. The van der Waals surface area contributed by atoms with Crippen LogP contribution in [-0.2, 0) is 10.2 Å². The fourth-order valence-electron chi connectivity index (χ4n) is 3.49. The summed E-state index contributed by atoms with van der Waals surface area (Å²) in [5, 5.41) is 22.4. The molecular weight excluding hydrogens is 462 g/mol. The first-order valence-corrected chi connectivity index (χ1v) is 9.41.